The lowest BCUT2D eigenvalue weighted by atomic mass is 10.1. The molecule has 3 aromatic carbocycles. The van der Waals surface area contributed by atoms with Crippen LogP contribution in [0.5, 0.6) is 11.5 Å². The van der Waals surface area contributed by atoms with Crippen LogP contribution in [0.1, 0.15) is 18.1 Å². The fraction of sp³-hybridized carbons (Fsp3) is 0.120. The molecular formula is C25H19BrF2N2O3. The van der Waals surface area contributed by atoms with Crippen LogP contribution in [-0.4, -0.2) is 12.5 Å². The summed E-state index contributed by atoms with van der Waals surface area (Å²) in [4.78, 5) is 12.5. The topological polar surface area (TPSA) is 71.3 Å². The molecule has 1 N–H and O–H groups in total. The van der Waals surface area contributed by atoms with Crippen molar-refractivity contribution in [3.63, 3.8) is 0 Å². The van der Waals surface area contributed by atoms with E-state index in [1.165, 1.54) is 36.4 Å². The Morgan fingerprint density at radius 2 is 1.79 bits per heavy atom. The van der Waals surface area contributed by atoms with Crippen molar-refractivity contribution in [2.45, 2.75) is 13.5 Å². The maximum absolute atomic E-state index is 13.8. The van der Waals surface area contributed by atoms with Gasteiger partial charge in [0.15, 0.2) is 11.5 Å². The second-order valence-electron chi connectivity index (χ2n) is 6.77. The molecule has 0 saturated heterocycles. The van der Waals surface area contributed by atoms with Gasteiger partial charge >= 0.3 is 0 Å². The molecule has 0 aliphatic heterocycles. The van der Waals surface area contributed by atoms with E-state index in [0.29, 0.717) is 28.1 Å². The number of halogens is 3. The van der Waals surface area contributed by atoms with Crippen molar-refractivity contribution < 1.29 is 23.0 Å². The zero-order valence-electron chi connectivity index (χ0n) is 17.6. The molecule has 0 fully saturated rings. The minimum absolute atomic E-state index is 0.0257. The molecule has 0 bridgehead atoms. The normalized spacial score (nSPS) is 10.9. The SMILES string of the molecule is CCOc1cc(/C=C(/C#N)C(=O)Nc2ccccc2F)c(Br)cc1OCc1ccc(F)cc1. The highest BCUT2D eigenvalue weighted by Gasteiger charge is 2.15. The highest BCUT2D eigenvalue weighted by Crippen LogP contribution is 2.35. The summed E-state index contributed by atoms with van der Waals surface area (Å²) in [5.74, 6) is -0.852. The molecule has 33 heavy (non-hydrogen) atoms. The molecule has 0 aromatic heterocycles. The largest absolute Gasteiger partial charge is 0.490 e. The third kappa shape index (κ3) is 6.40. The lowest BCUT2D eigenvalue weighted by Crippen LogP contribution is -2.14. The third-order valence-corrected chi connectivity index (χ3v) is 5.14. The highest BCUT2D eigenvalue weighted by atomic mass is 79.9. The van der Waals surface area contributed by atoms with E-state index < -0.39 is 11.7 Å². The molecular weight excluding hydrogens is 494 g/mol. The zero-order chi connectivity index (χ0) is 23.8. The number of carbonyl (C=O) groups is 1. The number of amides is 1. The van der Waals surface area contributed by atoms with Crippen LogP contribution in [0.25, 0.3) is 6.08 Å². The van der Waals surface area contributed by atoms with Crippen molar-refractivity contribution in [2.75, 3.05) is 11.9 Å². The van der Waals surface area contributed by atoms with E-state index in [2.05, 4.69) is 21.2 Å². The fourth-order valence-corrected chi connectivity index (χ4v) is 3.28. The second kappa shape index (κ2) is 11.2. The van der Waals surface area contributed by atoms with Gasteiger partial charge in [-0.3, -0.25) is 4.79 Å². The molecule has 0 aliphatic rings. The Hall–Kier alpha value is -3.70. The maximum atomic E-state index is 13.8. The standard InChI is InChI=1S/C25H19BrF2N2O3/c1-2-32-23-12-17(11-18(14-29)25(31)30-22-6-4-3-5-21(22)28)20(26)13-24(23)33-15-16-7-9-19(27)10-8-16/h3-13H,2,15H2,1H3,(H,30,31)/b18-11-. The average molecular weight is 513 g/mol. The van der Waals surface area contributed by atoms with Crippen LogP contribution in [0.2, 0.25) is 0 Å². The van der Waals surface area contributed by atoms with Crippen molar-refractivity contribution in [1.82, 2.24) is 0 Å². The first-order chi connectivity index (χ1) is 15.9. The molecule has 1 amide bonds. The van der Waals surface area contributed by atoms with E-state index in [-0.39, 0.29) is 23.7 Å². The lowest BCUT2D eigenvalue weighted by molar-refractivity contribution is -0.112. The Morgan fingerprint density at radius 1 is 1.09 bits per heavy atom. The maximum Gasteiger partial charge on any atom is 0.266 e. The van der Waals surface area contributed by atoms with Crippen LogP contribution >= 0.6 is 15.9 Å². The number of ether oxygens (including phenoxy) is 2. The smallest absolute Gasteiger partial charge is 0.266 e. The molecule has 8 heteroatoms. The first-order valence-electron chi connectivity index (χ1n) is 9.92. The average Bonchev–Trinajstić information content (AvgIpc) is 2.80. The quantitative estimate of drug-likeness (QED) is 0.286. The van der Waals surface area contributed by atoms with Gasteiger partial charge in [-0.25, -0.2) is 8.78 Å². The molecule has 0 aliphatic carbocycles. The number of benzene rings is 3. The van der Waals surface area contributed by atoms with Gasteiger partial charge in [0.05, 0.1) is 12.3 Å². The second-order valence-corrected chi connectivity index (χ2v) is 7.63. The minimum Gasteiger partial charge on any atom is -0.490 e. The van der Waals surface area contributed by atoms with Crippen LogP contribution in [0.15, 0.2) is 70.7 Å². The number of hydrogen-bond donors (Lipinski definition) is 1. The van der Waals surface area contributed by atoms with Gasteiger partial charge in [-0.15, -0.1) is 0 Å². The number of nitriles is 1. The number of carbonyl (C=O) groups excluding carboxylic acids is 1. The fourth-order valence-electron chi connectivity index (χ4n) is 2.84. The van der Waals surface area contributed by atoms with Crippen molar-refractivity contribution in [1.29, 1.82) is 5.26 Å². The van der Waals surface area contributed by atoms with E-state index in [1.54, 1.807) is 30.3 Å². The van der Waals surface area contributed by atoms with Gasteiger partial charge in [-0.1, -0.05) is 40.2 Å². The number of nitrogens with zero attached hydrogens (tertiary/aromatic N) is 1. The predicted molar refractivity (Wildman–Crippen MR) is 125 cm³/mol. The first kappa shape index (κ1) is 24.0. The Labute approximate surface area is 198 Å². The van der Waals surface area contributed by atoms with Gasteiger partial charge in [-0.05, 0) is 60.5 Å². The summed E-state index contributed by atoms with van der Waals surface area (Å²) in [5.41, 5.74) is 1.02. The van der Waals surface area contributed by atoms with Gasteiger partial charge in [0, 0.05) is 4.47 Å². The highest BCUT2D eigenvalue weighted by molar-refractivity contribution is 9.10. The Morgan fingerprint density at radius 3 is 2.45 bits per heavy atom. The molecule has 0 unspecified atom stereocenters. The molecule has 0 atom stereocenters. The van der Waals surface area contributed by atoms with Gasteiger partial charge in [-0.2, -0.15) is 5.26 Å². The van der Waals surface area contributed by atoms with E-state index in [0.717, 1.165) is 5.56 Å². The van der Waals surface area contributed by atoms with Crippen molar-refractivity contribution in [2.24, 2.45) is 0 Å². The predicted octanol–water partition coefficient (Wildman–Crippen LogP) is 6.25. The molecule has 0 heterocycles. The molecule has 168 valence electrons. The summed E-state index contributed by atoms with van der Waals surface area (Å²) in [5, 5.41) is 11.9. The van der Waals surface area contributed by atoms with Crippen molar-refractivity contribution >= 4 is 33.6 Å². The van der Waals surface area contributed by atoms with Crippen LogP contribution < -0.4 is 14.8 Å². The molecule has 0 radical (unpaired) electrons. The van der Waals surface area contributed by atoms with Gasteiger partial charge in [0.2, 0.25) is 0 Å². The summed E-state index contributed by atoms with van der Waals surface area (Å²) in [6.45, 7) is 2.36. The molecule has 5 nitrogen and oxygen atoms in total. The van der Waals surface area contributed by atoms with E-state index in [9.17, 15) is 18.8 Å². The summed E-state index contributed by atoms with van der Waals surface area (Å²) in [6, 6.07) is 16.7. The van der Waals surface area contributed by atoms with Crippen LogP contribution in [0, 0.1) is 23.0 Å². The van der Waals surface area contributed by atoms with Gasteiger partial charge in [0.1, 0.15) is 29.9 Å². The summed E-state index contributed by atoms with van der Waals surface area (Å²) in [7, 11) is 0. The van der Waals surface area contributed by atoms with Crippen LogP contribution in [-0.2, 0) is 11.4 Å². The molecule has 3 rings (SSSR count). The summed E-state index contributed by atoms with van der Waals surface area (Å²) < 4.78 is 39.0. The number of para-hydroxylation sites is 1. The Kier molecular flexibility index (Phi) is 8.17. The van der Waals surface area contributed by atoms with Crippen LogP contribution in [0.3, 0.4) is 0 Å². The zero-order valence-corrected chi connectivity index (χ0v) is 19.2. The number of rotatable bonds is 8. The number of anilines is 1. The van der Waals surface area contributed by atoms with E-state index in [1.807, 2.05) is 13.0 Å². The summed E-state index contributed by atoms with van der Waals surface area (Å²) >= 11 is 3.42. The van der Waals surface area contributed by atoms with Crippen molar-refractivity contribution in [3.8, 4) is 17.6 Å². The molecule has 3 aromatic rings. The van der Waals surface area contributed by atoms with Crippen LogP contribution in [0.4, 0.5) is 14.5 Å². The molecule has 0 spiro atoms. The van der Waals surface area contributed by atoms with Gasteiger partial charge in [0.25, 0.3) is 5.91 Å². The number of nitrogens with one attached hydrogen (secondary N) is 1. The first-order valence-corrected chi connectivity index (χ1v) is 10.7. The van der Waals surface area contributed by atoms with E-state index >= 15 is 0 Å². The number of hydrogen-bond acceptors (Lipinski definition) is 4. The summed E-state index contributed by atoms with van der Waals surface area (Å²) in [6.07, 6.45) is 1.37. The Balaban J connectivity index is 1.85. The van der Waals surface area contributed by atoms with Gasteiger partial charge < -0.3 is 14.8 Å². The monoisotopic (exact) mass is 512 g/mol. The van der Waals surface area contributed by atoms with E-state index in [4.69, 9.17) is 9.47 Å². The Bertz CT molecular complexity index is 1220. The van der Waals surface area contributed by atoms with Crippen molar-refractivity contribution in [3.05, 3.63) is 93.5 Å². The molecule has 0 saturated carbocycles. The minimum atomic E-state index is -0.746. The third-order valence-electron chi connectivity index (χ3n) is 4.46. The lowest BCUT2D eigenvalue weighted by Gasteiger charge is -2.14.